The number of halogens is 4. The summed E-state index contributed by atoms with van der Waals surface area (Å²) in [7, 11) is 0. The van der Waals surface area contributed by atoms with E-state index in [0.717, 1.165) is 23.1 Å². The molecule has 0 spiro atoms. The lowest BCUT2D eigenvalue weighted by Crippen LogP contribution is -2.22. The van der Waals surface area contributed by atoms with E-state index < -0.39 is 23.6 Å². The van der Waals surface area contributed by atoms with Crippen molar-refractivity contribution in [1.82, 2.24) is 9.78 Å². The van der Waals surface area contributed by atoms with Crippen LogP contribution in [0.25, 0.3) is 0 Å². The van der Waals surface area contributed by atoms with E-state index in [-0.39, 0.29) is 17.8 Å². The minimum Gasteiger partial charge on any atom is -0.322 e. The monoisotopic (exact) mass is 369 g/mol. The Morgan fingerprint density at radius 3 is 2.69 bits per heavy atom. The number of carbonyl (C=O) groups is 1. The van der Waals surface area contributed by atoms with Crippen molar-refractivity contribution in [3.63, 3.8) is 0 Å². The zero-order valence-corrected chi connectivity index (χ0v) is 14.3. The Hall–Kier alpha value is -2.38. The number of carbonyl (C=O) groups excluding carboxylic acids is 1. The normalized spacial score (nSPS) is 14.7. The number of aryl methyl sites for hydroxylation is 1. The first-order valence-corrected chi connectivity index (χ1v) is 8.47. The van der Waals surface area contributed by atoms with Gasteiger partial charge in [-0.1, -0.05) is 12.5 Å². The van der Waals surface area contributed by atoms with E-state index in [0.29, 0.717) is 25.0 Å². The average molecular weight is 369 g/mol. The van der Waals surface area contributed by atoms with Crippen molar-refractivity contribution >= 4 is 11.6 Å². The molecule has 26 heavy (non-hydrogen) atoms. The number of benzene rings is 1. The van der Waals surface area contributed by atoms with Gasteiger partial charge in [-0.05, 0) is 50.3 Å². The zero-order chi connectivity index (χ0) is 18.9. The van der Waals surface area contributed by atoms with Crippen LogP contribution in [0.2, 0.25) is 0 Å². The summed E-state index contributed by atoms with van der Waals surface area (Å²) < 4.78 is 54.7. The highest BCUT2D eigenvalue weighted by atomic mass is 19.4. The topological polar surface area (TPSA) is 46.9 Å². The molecule has 1 heterocycles. The van der Waals surface area contributed by atoms with Crippen LogP contribution in [-0.4, -0.2) is 15.7 Å². The molecule has 4 nitrogen and oxygen atoms in total. The Morgan fingerprint density at radius 1 is 1.23 bits per heavy atom. The highest BCUT2D eigenvalue weighted by Gasteiger charge is 2.39. The van der Waals surface area contributed by atoms with E-state index in [9.17, 15) is 22.4 Å². The number of rotatable bonds is 3. The van der Waals surface area contributed by atoms with Crippen LogP contribution in [-0.2, 0) is 30.4 Å². The van der Waals surface area contributed by atoms with E-state index in [1.165, 1.54) is 12.1 Å². The van der Waals surface area contributed by atoms with Crippen molar-refractivity contribution in [3.05, 3.63) is 46.5 Å². The Bertz CT molecular complexity index is 827. The second-order valence-corrected chi connectivity index (χ2v) is 6.52. The number of fused-ring (bicyclic) bond motifs is 1. The number of hydrogen-bond donors (Lipinski definition) is 1. The maximum Gasteiger partial charge on any atom is 0.435 e. The second kappa shape index (κ2) is 7.09. The number of amides is 1. The molecule has 3 rings (SSSR count). The third kappa shape index (κ3) is 3.89. The van der Waals surface area contributed by atoms with Gasteiger partial charge in [0.15, 0.2) is 5.69 Å². The van der Waals surface area contributed by atoms with Crippen molar-refractivity contribution in [2.75, 3.05) is 5.32 Å². The van der Waals surface area contributed by atoms with E-state index in [4.69, 9.17) is 0 Å². The van der Waals surface area contributed by atoms with Crippen LogP contribution in [0.4, 0.5) is 23.2 Å². The van der Waals surface area contributed by atoms with Crippen LogP contribution in [0.3, 0.4) is 0 Å². The van der Waals surface area contributed by atoms with Gasteiger partial charge in [0.1, 0.15) is 12.4 Å². The van der Waals surface area contributed by atoms with Gasteiger partial charge < -0.3 is 5.32 Å². The molecule has 1 aliphatic rings. The van der Waals surface area contributed by atoms with Crippen LogP contribution in [0.5, 0.6) is 0 Å². The van der Waals surface area contributed by atoms with Crippen LogP contribution in [0, 0.1) is 12.7 Å². The molecule has 8 heteroatoms. The standard InChI is InChI=1S/C18H19F4N3O/c1-11-7-8-13(19)14(9-11)23-16(26)10-25-15-6-4-2-3-5-12(15)17(24-25)18(20,21)22/h7-9H,2-6,10H2,1H3,(H,23,26). The molecule has 1 aromatic carbocycles. The fourth-order valence-corrected chi connectivity index (χ4v) is 3.27. The summed E-state index contributed by atoms with van der Waals surface area (Å²) in [6.07, 6.45) is -1.54. The fourth-order valence-electron chi connectivity index (χ4n) is 3.27. The minimum atomic E-state index is -4.56. The fraction of sp³-hybridized carbons (Fsp3) is 0.444. The van der Waals surface area contributed by atoms with Crippen molar-refractivity contribution < 1.29 is 22.4 Å². The summed E-state index contributed by atoms with van der Waals surface area (Å²) in [5.41, 5.74) is 0.487. The molecule has 0 bridgehead atoms. The van der Waals surface area contributed by atoms with Crippen molar-refractivity contribution in [2.45, 2.75) is 51.7 Å². The van der Waals surface area contributed by atoms with E-state index in [2.05, 4.69) is 10.4 Å². The van der Waals surface area contributed by atoms with Crippen molar-refractivity contribution in [1.29, 1.82) is 0 Å². The summed E-state index contributed by atoms with van der Waals surface area (Å²) in [5.74, 6) is -1.21. The van der Waals surface area contributed by atoms with E-state index >= 15 is 0 Å². The molecule has 0 saturated carbocycles. The van der Waals surface area contributed by atoms with Gasteiger partial charge in [0.05, 0.1) is 5.69 Å². The van der Waals surface area contributed by atoms with Crippen molar-refractivity contribution in [2.24, 2.45) is 0 Å². The maximum absolute atomic E-state index is 13.8. The van der Waals surface area contributed by atoms with Gasteiger partial charge in [-0.2, -0.15) is 18.3 Å². The van der Waals surface area contributed by atoms with Crippen molar-refractivity contribution in [3.8, 4) is 0 Å². The number of nitrogens with zero attached hydrogens (tertiary/aromatic N) is 2. The van der Waals surface area contributed by atoms with Gasteiger partial charge in [-0.15, -0.1) is 0 Å². The first-order valence-electron chi connectivity index (χ1n) is 8.47. The largest absolute Gasteiger partial charge is 0.435 e. The molecule has 1 aliphatic carbocycles. The highest BCUT2D eigenvalue weighted by Crippen LogP contribution is 2.35. The smallest absolute Gasteiger partial charge is 0.322 e. The van der Waals surface area contributed by atoms with Crippen LogP contribution >= 0.6 is 0 Å². The lowest BCUT2D eigenvalue weighted by molar-refractivity contribution is -0.142. The maximum atomic E-state index is 13.8. The summed E-state index contributed by atoms with van der Waals surface area (Å²) >= 11 is 0. The molecule has 0 saturated heterocycles. The summed E-state index contributed by atoms with van der Waals surface area (Å²) in [5, 5.41) is 6.08. The lowest BCUT2D eigenvalue weighted by atomic mass is 10.1. The predicted octanol–water partition coefficient (Wildman–Crippen LogP) is 4.26. The first kappa shape index (κ1) is 18.4. The number of aromatic nitrogens is 2. The summed E-state index contributed by atoms with van der Waals surface area (Å²) in [6.45, 7) is 1.36. The lowest BCUT2D eigenvalue weighted by Gasteiger charge is -2.10. The molecule has 0 radical (unpaired) electrons. The third-order valence-electron chi connectivity index (χ3n) is 4.46. The van der Waals surface area contributed by atoms with E-state index in [1.807, 2.05) is 0 Å². The molecular formula is C18H19F4N3O. The number of anilines is 1. The Labute approximate surface area is 148 Å². The Balaban J connectivity index is 1.86. The predicted molar refractivity (Wildman–Crippen MR) is 88.3 cm³/mol. The second-order valence-electron chi connectivity index (χ2n) is 6.52. The van der Waals surface area contributed by atoms with Gasteiger partial charge in [-0.25, -0.2) is 4.39 Å². The number of alkyl halides is 3. The molecule has 1 aromatic heterocycles. The molecular weight excluding hydrogens is 350 g/mol. The van der Waals surface area contributed by atoms with Gasteiger partial charge in [0, 0.05) is 11.3 Å². The first-order chi connectivity index (χ1) is 12.3. The van der Waals surface area contributed by atoms with Crippen LogP contribution < -0.4 is 5.32 Å². The molecule has 2 aromatic rings. The van der Waals surface area contributed by atoms with Gasteiger partial charge in [0.2, 0.25) is 5.91 Å². The molecule has 0 aliphatic heterocycles. The summed E-state index contributed by atoms with van der Waals surface area (Å²) in [4.78, 5) is 12.3. The molecule has 0 fully saturated rings. The van der Waals surface area contributed by atoms with Crippen LogP contribution in [0.15, 0.2) is 18.2 Å². The number of hydrogen-bond acceptors (Lipinski definition) is 2. The Morgan fingerprint density at radius 2 is 1.96 bits per heavy atom. The molecule has 0 atom stereocenters. The molecule has 0 unspecified atom stereocenters. The van der Waals surface area contributed by atoms with Gasteiger partial charge in [-0.3, -0.25) is 9.48 Å². The molecule has 1 N–H and O–H groups in total. The molecule has 1 amide bonds. The average Bonchev–Trinajstić information content (AvgIpc) is 2.74. The third-order valence-corrected chi connectivity index (χ3v) is 4.46. The Kier molecular flexibility index (Phi) is 5.02. The van der Waals surface area contributed by atoms with E-state index in [1.54, 1.807) is 13.0 Å². The van der Waals surface area contributed by atoms with Gasteiger partial charge in [0.25, 0.3) is 0 Å². The SMILES string of the molecule is Cc1ccc(F)c(NC(=O)Cn2nc(C(F)(F)F)c3c2CCCCC3)c1. The quantitative estimate of drug-likeness (QED) is 0.649. The molecule has 140 valence electrons. The van der Waals surface area contributed by atoms with Gasteiger partial charge >= 0.3 is 6.18 Å². The van der Waals surface area contributed by atoms with Crippen LogP contribution in [0.1, 0.15) is 41.8 Å². The number of nitrogens with one attached hydrogen (secondary N) is 1. The summed E-state index contributed by atoms with van der Waals surface area (Å²) in [6, 6.07) is 4.26. The highest BCUT2D eigenvalue weighted by molar-refractivity contribution is 5.90. The zero-order valence-electron chi connectivity index (χ0n) is 14.3. The minimum absolute atomic E-state index is 0.00397.